The molecule has 0 fully saturated rings. The van der Waals surface area contributed by atoms with Crippen molar-refractivity contribution in [1.29, 1.82) is 0 Å². The van der Waals surface area contributed by atoms with Gasteiger partial charge in [-0.15, -0.1) is 35.7 Å². The first-order chi connectivity index (χ1) is 24.3. The van der Waals surface area contributed by atoms with E-state index in [1.165, 1.54) is 27.8 Å². The monoisotopic (exact) mass is 758 g/mol. The fourth-order valence-corrected chi connectivity index (χ4v) is 7.16. The quantitative estimate of drug-likeness (QED) is 0.120. The number of rotatable bonds is 7. The Morgan fingerprint density at radius 1 is 0.667 bits per heavy atom. The summed E-state index contributed by atoms with van der Waals surface area (Å²) in [4.78, 5) is 4.67. The van der Waals surface area contributed by atoms with Crippen molar-refractivity contribution in [1.82, 2.24) is 19.3 Å². The second kappa shape index (κ2) is 13.7. The van der Waals surface area contributed by atoms with Crippen LogP contribution in [0, 0.1) is 46.8 Å². The second-order valence-electron chi connectivity index (χ2n) is 12.8. The Bertz CT molecular complexity index is 2540. The maximum absolute atomic E-state index is 6.51. The van der Waals surface area contributed by atoms with Gasteiger partial charge in [0.05, 0.1) is 12.8 Å². The van der Waals surface area contributed by atoms with Crippen molar-refractivity contribution in [2.24, 2.45) is 0 Å². The topological polar surface area (TPSA) is 54.1 Å². The number of benzene rings is 5. The molecular weight excluding hydrogens is 723 g/mol. The van der Waals surface area contributed by atoms with Gasteiger partial charge < -0.3 is 14.0 Å². The first-order valence-electron chi connectivity index (χ1n) is 16.7. The van der Waals surface area contributed by atoms with Crippen LogP contribution in [0.5, 0.6) is 17.2 Å². The molecule has 0 amide bonds. The molecule has 5 aromatic carbocycles. The van der Waals surface area contributed by atoms with Gasteiger partial charge in [0.2, 0.25) is 0 Å². The summed E-state index contributed by atoms with van der Waals surface area (Å²) in [6.07, 6.45) is 1.76. The van der Waals surface area contributed by atoms with E-state index in [1.54, 1.807) is 13.3 Å². The summed E-state index contributed by atoms with van der Waals surface area (Å²) in [6, 6.07) is 42.3. The molecular formula is C44H36N4O2Pd. The number of hydrogen-bond acceptors (Lipinski definition) is 4. The SMILES string of the molecule is COc1ccnc(-n2c3[c-]c(Oc4[c-]c(-n5nc(C)c(-c6c(C)cc(-c7ccccc7)cc6C)c5C)cc(C)c4)ccc3c3ccccc32)c1.[Pd+2]. The van der Waals surface area contributed by atoms with Crippen molar-refractivity contribution in [2.45, 2.75) is 34.6 Å². The fourth-order valence-electron chi connectivity index (χ4n) is 7.16. The number of aromatic nitrogens is 4. The van der Waals surface area contributed by atoms with Gasteiger partial charge in [-0.25, -0.2) is 4.98 Å². The number of nitrogens with zero attached hydrogens (tertiary/aromatic N) is 4. The van der Waals surface area contributed by atoms with Gasteiger partial charge in [-0.2, -0.15) is 16.7 Å². The molecule has 0 spiro atoms. The van der Waals surface area contributed by atoms with E-state index in [-0.39, 0.29) is 20.4 Å². The van der Waals surface area contributed by atoms with Crippen LogP contribution in [0.15, 0.2) is 109 Å². The van der Waals surface area contributed by atoms with Gasteiger partial charge in [0.25, 0.3) is 0 Å². The smallest absolute Gasteiger partial charge is 0.509 e. The molecule has 8 rings (SSSR count). The summed E-state index contributed by atoms with van der Waals surface area (Å²) < 4.78 is 16.1. The van der Waals surface area contributed by atoms with Gasteiger partial charge in [0, 0.05) is 40.5 Å². The van der Waals surface area contributed by atoms with E-state index in [4.69, 9.17) is 14.6 Å². The molecule has 6 nitrogen and oxygen atoms in total. The molecule has 0 aliphatic rings. The average Bonchev–Trinajstić information content (AvgIpc) is 3.60. The van der Waals surface area contributed by atoms with Crippen LogP contribution in [-0.2, 0) is 20.4 Å². The summed E-state index contributed by atoms with van der Waals surface area (Å²) in [5.74, 6) is 2.65. The van der Waals surface area contributed by atoms with Crippen molar-refractivity contribution in [3.05, 3.63) is 150 Å². The van der Waals surface area contributed by atoms with Crippen molar-refractivity contribution in [3.63, 3.8) is 0 Å². The summed E-state index contributed by atoms with van der Waals surface area (Å²) in [7, 11) is 1.66. The number of para-hydroxylation sites is 1. The zero-order valence-corrected chi connectivity index (χ0v) is 30.9. The Morgan fingerprint density at radius 3 is 2.18 bits per heavy atom. The molecule has 8 aromatic rings. The molecule has 0 atom stereocenters. The van der Waals surface area contributed by atoms with E-state index >= 15 is 0 Å². The van der Waals surface area contributed by atoms with Crippen LogP contribution in [0.2, 0.25) is 0 Å². The molecule has 254 valence electrons. The van der Waals surface area contributed by atoms with Crippen LogP contribution < -0.4 is 9.47 Å². The minimum Gasteiger partial charge on any atom is -0.509 e. The molecule has 0 aliphatic carbocycles. The Hall–Kier alpha value is -5.48. The third-order valence-corrected chi connectivity index (χ3v) is 9.34. The van der Waals surface area contributed by atoms with Gasteiger partial charge in [-0.05, 0) is 78.7 Å². The minimum atomic E-state index is 0. The normalized spacial score (nSPS) is 11.2. The number of methoxy groups -OCH3 is 1. The fraction of sp³-hybridized carbons (Fsp3) is 0.136. The van der Waals surface area contributed by atoms with Crippen LogP contribution in [0.25, 0.3) is 55.6 Å². The molecule has 3 heterocycles. The number of ether oxygens (including phenoxy) is 2. The predicted octanol–water partition coefficient (Wildman–Crippen LogP) is 10.6. The van der Waals surface area contributed by atoms with Crippen LogP contribution in [0.4, 0.5) is 0 Å². The van der Waals surface area contributed by atoms with Crippen LogP contribution >= 0.6 is 0 Å². The van der Waals surface area contributed by atoms with E-state index in [0.717, 1.165) is 61.6 Å². The molecule has 3 aromatic heterocycles. The average molecular weight is 759 g/mol. The third kappa shape index (κ3) is 6.14. The number of aryl methyl sites for hydroxylation is 4. The zero-order valence-electron chi connectivity index (χ0n) is 29.3. The molecule has 0 N–H and O–H groups in total. The van der Waals surface area contributed by atoms with Gasteiger partial charge in [-0.1, -0.05) is 73.1 Å². The Morgan fingerprint density at radius 2 is 1.41 bits per heavy atom. The van der Waals surface area contributed by atoms with E-state index in [1.807, 2.05) is 41.1 Å². The van der Waals surface area contributed by atoms with Crippen LogP contribution in [0.3, 0.4) is 0 Å². The van der Waals surface area contributed by atoms with Crippen molar-refractivity contribution in [2.75, 3.05) is 7.11 Å². The largest absolute Gasteiger partial charge is 2.00 e. The Kier molecular flexibility index (Phi) is 9.12. The van der Waals surface area contributed by atoms with E-state index in [0.29, 0.717) is 11.5 Å². The molecule has 0 saturated carbocycles. The molecule has 0 unspecified atom stereocenters. The molecule has 51 heavy (non-hydrogen) atoms. The summed E-state index contributed by atoms with van der Waals surface area (Å²) >= 11 is 0. The standard InChI is InChI=1S/C44H36N4O2.Pd/c1-27-20-34(48-31(5)44(30(4)46-48)43-28(2)22-33(23-29(43)3)32-12-8-7-9-13-32)24-37(21-27)50-36-16-17-39-38-14-10-11-15-40(38)47(41(39)25-36)42-26-35(49-6)18-19-45-42;/h7-23,26H,1-6H3;/q-2;+2. The maximum Gasteiger partial charge on any atom is 2.00 e. The zero-order chi connectivity index (χ0) is 34.5. The van der Waals surface area contributed by atoms with E-state index in [9.17, 15) is 0 Å². The molecule has 0 radical (unpaired) electrons. The van der Waals surface area contributed by atoms with Gasteiger partial charge >= 0.3 is 20.4 Å². The first kappa shape index (κ1) is 34.0. The first-order valence-corrected chi connectivity index (χ1v) is 16.7. The van der Waals surface area contributed by atoms with E-state index < -0.39 is 0 Å². The molecule has 0 aliphatic heterocycles. The number of pyridine rings is 1. The Balaban J connectivity index is 0.00000406. The van der Waals surface area contributed by atoms with Gasteiger partial charge in [-0.3, -0.25) is 4.68 Å². The van der Waals surface area contributed by atoms with Crippen molar-refractivity contribution >= 4 is 21.8 Å². The molecule has 0 bridgehead atoms. The summed E-state index contributed by atoms with van der Waals surface area (Å²) in [5, 5.41) is 7.21. The molecule has 0 saturated heterocycles. The van der Waals surface area contributed by atoms with Crippen molar-refractivity contribution in [3.8, 4) is 51.0 Å². The predicted molar refractivity (Wildman–Crippen MR) is 201 cm³/mol. The van der Waals surface area contributed by atoms with Gasteiger partial charge in [0.1, 0.15) is 11.6 Å². The maximum atomic E-state index is 6.51. The molecule has 7 heteroatoms. The second-order valence-corrected chi connectivity index (χ2v) is 12.8. The summed E-state index contributed by atoms with van der Waals surface area (Å²) in [6.45, 7) is 10.6. The number of hydrogen-bond donors (Lipinski definition) is 0. The van der Waals surface area contributed by atoms with Crippen LogP contribution in [-0.4, -0.2) is 26.4 Å². The number of fused-ring (bicyclic) bond motifs is 3. The van der Waals surface area contributed by atoms with Gasteiger partial charge in [0.15, 0.2) is 0 Å². The Labute approximate surface area is 312 Å². The van der Waals surface area contributed by atoms with Crippen LogP contribution in [0.1, 0.15) is 28.1 Å². The summed E-state index contributed by atoms with van der Waals surface area (Å²) in [5.41, 5.74) is 13.0. The minimum absolute atomic E-state index is 0. The van der Waals surface area contributed by atoms with Crippen molar-refractivity contribution < 1.29 is 29.9 Å². The van der Waals surface area contributed by atoms with E-state index in [2.05, 4.69) is 123 Å². The third-order valence-electron chi connectivity index (χ3n) is 9.34.